The third-order valence-corrected chi connectivity index (χ3v) is 5.77. The van der Waals surface area contributed by atoms with E-state index in [0.717, 1.165) is 27.8 Å². The van der Waals surface area contributed by atoms with Gasteiger partial charge in [0.1, 0.15) is 23.0 Å². The fourth-order valence-electron chi connectivity index (χ4n) is 4.14. The second-order valence-corrected chi connectivity index (χ2v) is 8.59. The van der Waals surface area contributed by atoms with Gasteiger partial charge in [0, 0.05) is 19.7 Å². The predicted molar refractivity (Wildman–Crippen MR) is 132 cm³/mol. The molecule has 1 unspecified atom stereocenters. The highest BCUT2D eigenvalue weighted by atomic mass is 19.4. The van der Waals surface area contributed by atoms with Crippen molar-refractivity contribution in [3.63, 3.8) is 0 Å². The number of alkyl halides is 3. The summed E-state index contributed by atoms with van der Waals surface area (Å²) < 4.78 is 55.6. The number of nitrogens with zero attached hydrogens (tertiary/aromatic N) is 3. The molecule has 10 nitrogen and oxygen atoms in total. The summed E-state index contributed by atoms with van der Waals surface area (Å²) in [6, 6.07) is 12.6. The van der Waals surface area contributed by atoms with Gasteiger partial charge in [0.25, 0.3) is 11.9 Å². The molecule has 0 amide bonds. The van der Waals surface area contributed by atoms with Crippen LogP contribution in [0.15, 0.2) is 58.1 Å². The molecule has 38 heavy (non-hydrogen) atoms. The summed E-state index contributed by atoms with van der Waals surface area (Å²) in [5, 5.41) is 11.9. The van der Waals surface area contributed by atoms with Crippen LogP contribution in [0.25, 0.3) is 0 Å². The number of aliphatic hydroxyl groups excluding tert-OH is 1. The van der Waals surface area contributed by atoms with E-state index in [4.69, 9.17) is 14.6 Å². The molecule has 0 aliphatic carbocycles. The molecule has 13 heteroatoms. The lowest BCUT2D eigenvalue weighted by Gasteiger charge is -2.27. The summed E-state index contributed by atoms with van der Waals surface area (Å²) in [4.78, 5) is 28.1. The highest BCUT2D eigenvalue weighted by Gasteiger charge is 2.37. The molecule has 0 bridgehead atoms. The molecule has 204 valence electrons. The Balaban J connectivity index is 1.72. The second-order valence-electron chi connectivity index (χ2n) is 8.59. The van der Waals surface area contributed by atoms with E-state index >= 15 is 0 Å². The highest BCUT2D eigenvalue weighted by molar-refractivity contribution is 5.71. The quantitative estimate of drug-likeness (QED) is 0.381. The van der Waals surface area contributed by atoms with E-state index in [-0.39, 0.29) is 50.2 Å². The van der Waals surface area contributed by atoms with Gasteiger partial charge in [0.15, 0.2) is 0 Å². The molecule has 1 atom stereocenters. The van der Waals surface area contributed by atoms with Crippen molar-refractivity contribution in [1.82, 2.24) is 9.13 Å². The normalized spacial score (nSPS) is 14.8. The SMILES string of the molecule is Cc1cccc(CN2c3c(n(C)c(=O)n(CCOCCO)c3=O)NC2Oc2cccc(OC(F)(F)F)c2)c1. The number of hydrogen-bond donors (Lipinski definition) is 2. The van der Waals surface area contributed by atoms with Crippen LogP contribution >= 0.6 is 0 Å². The van der Waals surface area contributed by atoms with Crippen LogP contribution in [0.1, 0.15) is 11.1 Å². The van der Waals surface area contributed by atoms with Crippen molar-refractivity contribution in [2.45, 2.75) is 32.7 Å². The summed E-state index contributed by atoms with van der Waals surface area (Å²) in [6.45, 7) is 1.97. The van der Waals surface area contributed by atoms with Crippen LogP contribution in [0.3, 0.4) is 0 Å². The second kappa shape index (κ2) is 11.2. The lowest BCUT2D eigenvalue weighted by molar-refractivity contribution is -0.274. The van der Waals surface area contributed by atoms with Crippen molar-refractivity contribution >= 4 is 11.5 Å². The Hall–Kier alpha value is -3.97. The number of nitrogens with one attached hydrogen (secondary N) is 1. The third kappa shape index (κ3) is 6.11. The van der Waals surface area contributed by atoms with E-state index < -0.39 is 29.7 Å². The molecule has 0 saturated carbocycles. The standard InChI is InChI=1S/C25H27F3N4O6/c1-16-5-3-6-17(13-16)15-32-20-21(30(2)24(35)31(22(20)34)9-11-36-12-10-33)29-23(32)37-18-7-4-8-19(14-18)38-25(26,27)28/h3-8,13-14,23,29,33H,9-12,15H2,1-2H3. The van der Waals surface area contributed by atoms with Crippen molar-refractivity contribution in [3.8, 4) is 11.5 Å². The van der Waals surface area contributed by atoms with Crippen LogP contribution in [0.4, 0.5) is 24.7 Å². The number of anilines is 2. The van der Waals surface area contributed by atoms with Crippen molar-refractivity contribution in [1.29, 1.82) is 0 Å². The number of aliphatic hydroxyl groups is 1. The Kier molecular flexibility index (Phi) is 7.97. The Bertz CT molecular complexity index is 1410. The first-order valence-electron chi connectivity index (χ1n) is 11.7. The topological polar surface area (TPSA) is 107 Å². The van der Waals surface area contributed by atoms with E-state index in [9.17, 15) is 22.8 Å². The summed E-state index contributed by atoms with van der Waals surface area (Å²) >= 11 is 0. The van der Waals surface area contributed by atoms with Crippen LogP contribution in [0, 0.1) is 6.92 Å². The maximum atomic E-state index is 13.5. The average molecular weight is 537 g/mol. The maximum absolute atomic E-state index is 13.5. The van der Waals surface area contributed by atoms with Crippen molar-refractivity contribution in [3.05, 3.63) is 80.5 Å². The highest BCUT2D eigenvalue weighted by Crippen LogP contribution is 2.34. The zero-order chi connectivity index (χ0) is 27.4. The van der Waals surface area contributed by atoms with Crippen LogP contribution in [-0.2, 0) is 24.9 Å². The first-order chi connectivity index (χ1) is 18.1. The Morgan fingerprint density at radius 1 is 1.05 bits per heavy atom. The van der Waals surface area contributed by atoms with Gasteiger partial charge in [-0.25, -0.2) is 4.79 Å². The molecule has 1 aliphatic heterocycles. The van der Waals surface area contributed by atoms with Gasteiger partial charge in [-0.2, -0.15) is 0 Å². The van der Waals surface area contributed by atoms with E-state index in [2.05, 4.69) is 10.1 Å². The monoisotopic (exact) mass is 536 g/mol. The molecule has 1 aliphatic rings. The number of ether oxygens (including phenoxy) is 3. The maximum Gasteiger partial charge on any atom is 0.573 e. The van der Waals surface area contributed by atoms with Crippen LogP contribution < -0.4 is 30.9 Å². The number of aryl methyl sites for hydroxylation is 1. The van der Waals surface area contributed by atoms with E-state index in [1.54, 1.807) is 4.90 Å². The minimum atomic E-state index is -4.87. The molecule has 3 aromatic rings. The zero-order valence-corrected chi connectivity index (χ0v) is 20.7. The van der Waals surface area contributed by atoms with Gasteiger partial charge < -0.3 is 29.5 Å². The number of fused-ring (bicyclic) bond motifs is 1. The Morgan fingerprint density at radius 3 is 2.50 bits per heavy atom. The van der Waals surface area contributed by atoms with E-state index in [1.165, 1.54) is 23.7 Å². The summed E-state index contributed by atoms with van der Waals surface area (Å²) in [5.74, 6) is -0.213. The molecule has 4 rings (SSSR count). The molecule has 2 aromatic carbocycles. The van der Waals surface area contributed by atoms with Crippen molar-refractivity contribution in [2.24, 2.45) is 7.05 Å². The summed E-state index contributed by atoms with van der Waals surface area (Å²) in [5.41, 5.74) is 0.807. The van der Waals surface area contributed by atoms with E-state index in [0.29, 0.717) is 0 Å². The number of hydrogen-bond acceptors (Lipinski definition) is 8. The predicted octanol–water partition coefficient (Wildman–Crippen LogP) is 2.56. The molecule has 0 spiro atoms. The molecule has 0 saturated heterocycles. The van der Waals surface area contributed by atoms with E-state index in [1.807, 2.05) is 31.2 Å². The van der Waals surface area contributed by atoms with Gasteiger partial charge in [-0.1, -0.05) is 35.9 Å². The fraction of sp³-hybridized carbons (Fsp3) is 0.360. The molecule has 2 N–H and O–H groups in total. The van der Waals surface area contributed by atoms with Gasteiger partial charge in [-0.15, -0.1) is 13.2 Å². The number of aromatic nitrogens is 2. The van der Waals surface area contributed by atoms with Gasteiger partial charge in [0.2, 0.25) is 0 Å². The van der Waals surface area contributed by atoms with Crippen molar-refractivity contribution < 1.29 is 32.5 Å². The number of halogens is 3. The first kappa shape index (κ1) is 27.1. The van der Waals surface area contributed by atoms with Crippen molar-refractivity contribution in [2.75, 3.05) is 30.0 Å². The molecular formula is C25H27F3N4O6. The van der Waals surface area contributed by atoms with Gasteiger partial charge >= 0.3 is 12.1 Å². The smallest absolute Gasteiger partial charge is 0.452 e. The Morgan fingerprint density at radius 2 is 1.79 bits per heavy atom. The third-order valence-electron chi connectivity index (χ3n) is 5.77. The van der Waals surface area contributed by atoms with Gasteiger partial charge in [0.05, 0.1) is 26.4 Å². The lowest BCUT2D eigenvalue weighted by atomic mass is 10.1. The molecule has 0 radical (unpaired) electrons. The zero-order valence-electron chi connectivity index (χ0n) is 20.7. The minimum absolute atomic E-state index is 0.0335. The summed E-state index contributed by atoms with van der Waals surface area (Å²) in [7, 11) is 1.49. The molecule has 2 heterocycles. The largest absolute Gasteiger partial charge is 0.573 e. The summed E-state index contributed by atoms with van der Waals surface area (Å²) in [6.07, 6.45) is -5.91. The fourth-order valence-corrected chi connectivity index (χ4v) is 4.14. The lowest BCUT2D eigenvalue weighted by Crippen LogP contribution is -2.44. The molecule has 1 aromatic heterocycles. The average Bonchev–Trinajstić information content (AvgIpc) is 3.19. The number of benzene rings is 2. The minimum Gasteiger partial charge on any atom is -0.452 e. The number of rotatable bonds is 10. The molecule has 0 fully saturated rings. The Labute approximate surface area is 215 Å². The first-order valence-corrected chi connectivity index (χ1v) is 11.7. The van der Waals surface area contributed by atoms with Crippen LogP contribution in [0.2, 0.25) is 0 Å². The molecular weight excluding hydrogens is 509 g/mol. The van der Waals surface area contributed by atoms with Crippen LogP contribution in [0.5, 0.6) is 11.5 Å². The van der Waals surface area contributed by atoms with Gasteiger partial charge in [-0.3, -0.25) is 13.9 Å². The van der Waals surface area contributed by atoms with Gasteiger partial charge in [-0.05, 0) is 24.6 Å². The van der Waals surface area contributed by atoms with Crippen LogP contribution in [-0.4, -0.2) is 46.8 Å².